The van der Waals surface area contributed by atoms with Gasteiger partial charge in [0.2, 0.25) is 0 Å². The topological polar surface area (TPSA) is 32.3 Å². The third-order valence-corrected chi connectivity index (χ3v) is 5.15. The maximum Gasteiger partial charge on any atom is 0.0931 e. The van der Waals surface area contributed by atoms with E-state index in [0.29, 0.717) is 0 Å². The van der Waals surface area contributed by atoms with E-state index in [0.717, 1.165) is 4.34 Å². The molecule has 0 aliphatic rings. The van der Waals surface area contributed by atoms with Crippen molar-refractivity contribution in [3.63, 3.8) is 0 Å². The van der Waals surface area contributed by atoms with Crippen LogP contribution in [0, 0.1) is 0 Å². The van der Waals surface area contributed by atoms with Crippen molar-refractivity contribution < 1.29 is 5.11 Å². The summed E-state index contributed by atoms with van der Waals surface area (Å²) in [6.45, 7) is 4.42. The van der Waals surface area contributed by atoms with Gasteiger partial charge in [0, 0.05) is 22.2 Å². The van der Waals surface area contributed by atoms with Crippen LogP contribution >= 0.6 is 34.7 Å². The van der Waals surface area contributed by atoms with Crippen LogP contribution < -0.4 is 5.32 Å². The van der Waals surface area contributed by atoms with Gasteiger partial charge in [-0.3, -0.25) is 0 Å². The van der Waals surface area contributed by atoms with Crippen molar-refractivity contribution in [1.82, 2.24) is 5.32 Å². The monoisotopic (exact) mass is 279 g/mol. The third-order valence-electron chi connectivity index (χ3n) is 2.57. The molecule has 1 aromatic rings. The number of nitrogens with one attached hydrogen (secondary N) is 1. The Bertz CT molecular complexity index is 315. The molecule has 1 heterocycles. The molecule has 0 spiro atoms. The van der Waals surface area contributed by atoms with Gasteiger partial charge in [0.25, 0.3) is 0 Å². The van der Waals surface area contributed by atoms with Crippen LogP contribution in [0.2, 0.25) is 4.34 Å². The number of rotatable bonds is 6. The average Bonchev–Trinajstić information content (AvgIpc) is 2.66. The molecule has 5 heteroatoms. The molecule has 0 aromatic carbocycles. The Hall–Kier alpha value is 0.260. The molecule has 0 saturated carbocycles. The minimum absolute atomic E-state index is 0.202. The Kier molecular flexibility index (Phi) is 6.15. The highest BCUT2D eigenvalue weighted by Gasteiger charge is 2.18. The summed E-state index contributed by atoms with van der Waals surface area (Å²) in [5.74, 6) is 0. The van der Waals surface area contributed by atoms with E-state index in [1.807, 2.05) is 18.4 Å². The standard InChI is InChI=1S/C11H18ClNOS2/c1-7(9-4-5-11(12)16-9)13-8(2)10(6-14)15-3/h4-5,7-8,10,13-14H,6H2,1-3H3. The highest BCUT2D eigenvalue weighted by molar-refractivity contribution is 7.99. The summed E-state index contributed by atoms with van der Waals surface area (Å²) in [5.41, 5.74) is 0. The maximum absolute atomic E-state index is 9.20. The second-order valence-electron chi connectivity index (χ2n) is 3.78. The predicted molar refractivity (Wildman–Crippen MR) is 74.7 cm³/mol. The van der Waals surface area contributed by atoms with Crippen molar-refractivity contribution in [3.05, 3.63) is 21.3 Å². The summed E-state index contributed by atoms with van der Waals surface area (Å²) in [6, 6.07) is 4.51. The second-order valence-corrected chi connectivity index (χ2v) is 6.60. The number of hydrogen-bond donors (Lipinski definition) is 2. The molecule has 0 fully saturated rings. The fourth-order valence-corrected chi connectivity index (χ4v) is 3.29. The molecule has 1 aromatic heterocycles. The van der Waals surface area contributed by atoms with E-state index < -0.39 is 0 Å². The average molecular weight is 280 g/mol. The van der Waals surface area contributed by atoms with Crippen LogP contribution in [0.25, 0.3) is 0 Å². The van der Waals surface area contributed by atoms with Gasteiger partial charge in [-0.1, -0.05) is 11.6 Å². The lowest BCUT2D eigenvalue weighted by atomic mass is 10.2. The minimum Gasteiger partial charge on any atom is -0.395 e. The molecule has 0 aliphatic carbocycles. The van der Waals surface area contributed by atoms with Crippen molar-refractivity contribution >= 4 is 34.7 Å². The number of thiophene rings is 1. The molecule has 3 unspecified atom stereocenters. The summed E-state index contributed by atoms with van der Waals surface area (Å²) in [4.78, 5) is 1.23. The summed E-state index contributed by atoms with van der Waals surface area (Å²) in [6.07, 6.45) is 2.02. The smallest absolute Gasteiger partial charge is 0.0931 e. The van der Waals surface area contributed by atoms with Crippen LogP contribution in [-0.2, 0) is 0 Å². The van der Waals surface area contributed by atoms with E-state index in [1.165, 1.54) is 4.88 Å². The van der Waals surface area contributed by atoms with Crippen molar-refractivity contribution in [2.45, 2.75) is 31.2 Å². The molecule has 0 aliphatic heterocycles. The van der Waals surface area contributed by atoms with Crippen LogP contribution in [0.3, 0.4) is 0 Å². The Morgan fingerprint density at radius 1 is 1.50 bits per heavy atom. The Balaban J connectivity index is 2.53. The van der Waals surface area contributed by atoms with E-state index in [9.17, 15) is 5.11 Å². The van der Waals surface area contributed by atoms with Gasteiger partial charge < -0.3 is 10.4 Å². The lowest BCUT2D eigenvalue weighted by Gasteiger charge is -2.24. The highest BCUT2D eigenvalue weighted by atomic mass is 35.5. The van der Waals surface area contributed by atoms with E-state index in [-0.39, 0.29) is 23.9 Å². The van der Waals surface area contributed by atoms with Crippen LogP contribution in [0.1, 0.15) is 24.8 Å². The third kappa shape index (κ3) is 3.93. The first-order valence-corrected chi connectivity index (χ1v) is 7.71. The fraction of sp³-hybridized carbons (Fsp3) is 0.636. The van der Waals surface area contributed by atoms with Gasteiger partial charge in [0.15, 0.2) is 0 Å². The van der Waals surface area contributed by atoms with Gasteiger partial charge in [-0.15, -0.1) is 11.3 Å². The zero-order valence-electron chi connectivity index (χ0n) is 9.74. The zero-order valence-corrected chi connectivity index (χ0v) is 12.1. The van der Waals surface area contributed by atoms with E-state index >= 15 is 0 Å². The van der Waals surface area contributed by atoms with Gasteiger partial charge >= 0.3 is 0 Å². The van der Waals surface area contributed by atoms with Crippen LogP contribution in [0.4, 0.5) is 0 Å². The van der Waals surface area contributed by atoms with Crippen molar-refractivity contribution in [2.75, 3.05) is 12.9 Å². The van der Waals surface area contributed by atoms with Gasteiger partial charge in [-0.25, -0.2) is 0 Å². The first-order valence-electron chi connectivity index (χ1n) is 5.23. The van der Waals surface area contributed by atoms with E-state index in [2.05, 4.69) is 19.2 Å². The van der Waals surface area contributed by atoms with Crippen molar-refractivity contribution in [2.24, 2.45) is 0 Å². The summed E-state index contributed by atoms with van der Waals surface area (Å²) >= 11 is 9.19. The molecule has 0 radical (unpaired) electrons. The molecule has 2 N–H and O–H groups in total. The Labute approximate surface area is 110 Å². The number of hydrogen-bond acceptors (Lipinski definition) is 4. The summed E-state index contributed by atoms with van der Waals surface area (Å²) in [7, 11) is 0. The molecule has 16 heavy (non-hydrogen) atoms. The Morgan fingerprint density at radius 2 is 2.19 bits per heavy atom. The highest BCUT2D eigenvalue weighted by Crippen LogP contribution is 2.27. The molecular weight excluding hydrogens is 262 g/mol. The van der Waals surface area contributed by atoms with Gasteiger partial charge in [-0.2, -0.15) is 11.8 Å². The fourth-order valence-electron chi connectivity index (χ4n) is 1.58. The summed E-state index contributed by atoms with van der Waals surface area (Å²) < 4.78 is 0.819. The van der Waals surface area contributed by atoms with Crippen molar-refractivity contribution in [3.8, 4) is 0 Å². The molecular formula is C11H18ClNOS2. The molecule has 2 nitrogen and oxygen atoms in total. The quantitative estimate of drug-likeness (QED) is 0.839. The molecule has 3 atom stereocenters. The van der Waals surface area contributed by atoms with Gasteiger partial charge in [-0.05, 0) is 32.2 Å². The minimum atomic E-state index is 0.202. The number of aliphatic hydroxyl groups is 1. The van der Waals surface area contributed by atoms with Gasteiger partial charge in [0.1, 0.15) is 0 Å². The van der Waals surface area contributed by atoms with E-state index in [1.54, 1.807) is 23.1 Å². The molecule has 92 valence electrons. The molecule has 0 saturated heterocycles. The number of aliphatic hydroxyl groups excluding tert-OH is 1. The molecule has 1 rings (SSSR count). The van der Waals surface area contributed by atoms with Gasteiger partial charge in [0.05, 0.1) is 10.9 Å². The predicted octanol–water partition coefficient (Wildman–Crippen LogP) is 3.16. The largest absolute Gasteiger partial charge is 0.395 e. The number of halogens is 1. The van der Waals surface area contributed by atoms with Crippen LogP contribution in [-0.4, -0.2) is 29.3 Å². The SMILES string of the molecule is CSC(CO)C(C)NC(C)c1ccc(Cl)s1. The molecule has 0 amide bonds. The van der Waals surface area contributed by atoms with Crippen LogP contribution in [0.15, 0.2) is 12.1 Å². The maximum atomic E-state index is 9.20. The summed E-state index contributed by atoms with van der Waals surface area (Å²) in [5, 5.41) is 12.9. The lowest BCUT2D eigenvalue weighted by molar-refractivity contribution is 0.272. The first kappa shape index (κ1) is 14.3. The number of thioether (sulfide) groups is 1. The molecule has 0 bridgehead atoms. The van der Waals surface area contributed by atoms with E-state index in [4.69, 9.17) is 11.6 Å². The second kappa shape index (κ2) is 6.87. The Morgan fingerprint density at radius 3 is 2.62 bits per heavy atom. The lowest BCUT2D eigenvalue weighted by Crippen LogP contribution is -2.38. The van der Waals surface area contributed by atoms with Crippen molar-refractivity contribution in [1.29, 1.82) is 0 Å². The normalized spacial score (nSPS) is 17.1. The zero-order chi connectivity index (χ0) is 12.1. The van der Waals surface area contributed by atoms with Crippen LogP contribution in [0.5, 0.6) is 0 Å². The first-order chi connectivity index (χ1) is 7.58.